The summed E-state index contributed by atoms with van der Waals surface area (Å²) in [6.45, 7) is 3.68. The fourth-order valence-electron chi connectivity index (χ4n) is 3.24. The minimum atomic E-state index is -0.130. The SMILES string of the molecule is CCNC(=NCCCc1ccc(OC)c(OC)c1)NC1CCC(O)CC1.I. The van der Waals surface area contributed by atoms with Gasteiger partial charge < -0.3 is 25.2 Å². The second-order valence-electron chi connectivity index (χ2n) is 6.70. The van der Waals surface area contributed by atoms with Crippen LogP contribution >= 0.6 is 24.0 Å². The van der Waals surface area contributed by atoms with Crippen molar-refractivity contribution in [3.8, 4) is 11.5 Å². The van der Waals surface area contributed by atoms with Crippen LogP contribution in [0.4, 0.5) is 0 Å². The fourth-order valence-corrected chi connectivity index (χ4v) is 3.24. The second kappa shape index (κ2) is 13.0. The quantitative estimate of drug-likeness (QED) is 0.226. The number of ether oxygens (including phenoxy) is 2. The number of hydrogen-bond acceptors (Lipinski definition) is 4. The molecule has 0 aromatic heterocycles. The molecule has 3 N–H and O–H groups in total. The highest BCUT2D eigenvalue weighted by Gasteiger charge is 2.19. The summed E-state index contributed by atoms with van der Waals surface area (Å²) >= 11 is 0. The highest BCUT2D eigenvalue weighted by Crippen LogP contribution is 2.27. The fraction of sp³-hybridized carbons (Fsp3) is 0.650. The monoisotopic (exact) mass is 491 g/mol. The van der Waals surface area contributed by atoms with E-state index in [1.807, 2.05) is 12.1 Å². The van der Waals surface area contributed by atoms with E-state index in [0.717, 1.165) is 69.1 Å². The van der Waals surface area contributed by atoms with Crippen LogP contribution in [-0.4, -0.2) is 50.5 Å². The first-order valence-corrected chi connectivity index (χ1v) is 9.60. The van der Waals surface area contributed by atoms with Crippen LogP contribution in [0.1, 0.15) is 44.6 Å². The normalized spacial score (nSPS) is 19.8. The maximum atomic E-state index is 9.63. The molecule has 6 nitrogen and oxygen atoms in total. The lowest BCUT2D eigenvalue weighted by Crippen LogP contribution is -2.45. The van der Waals surface area contributed by atoms with E-state index in [0.29, 0.717) is 6.04 Å². The lowest BCUT2D eigenvalue weighted by atomic mass is 9.93. The molecule has 27 heavy (non-hydrogen) atoms. The second-order valence-corrected chi connectivity index (χ2v) is 6.70. The van der Waals surface area contributed by atoms with Crippen LogP contribution in [0.5, 0.6) is 11.5 Å². The van der Waals surface area contributed by atoms with Crippen LogP contribution in [0.25, 0.3) is 0 Å². The van der Waals surface area contributed by atoms with Gasteiger partial charge in [-0.15, -0.1) is 24.0 Å². The number of aliphatic hydroxyl groups is 1. The molecule has 0 amide bonds. The van der Waals surface area contributed by atoms with Gasteiger partial charge in [0.25, 0.3) is 0 Å². The zero-order chi connectivity index (χ0) is 18.8. The molecule has 2 rings (SSSR count). The Labute approximate surface area is 180 Å². The van der Waals surface area contributed by atoms with Gasteiger partial charge in [0.15, 0.2) is 17.5 Å². The Bertz CT molecular complexity index is 576. The smallest absolute Gasteiger partial charge is 0.191 e. The molecule has 0 atom stereocenters. The largest absolute Gasteiger partial charge is 0.493 e. The number of guanidine groups is 1. The average Bonchev–Trinajstić information content (AvgIpc) is 2.66. The van der Waals surface area contributed by atoms with E-state index in [9.17, 15) is 5.11 Å². The predicted octanol–water partition coefficient (Wildman–Crippen LogP) is 3.11. The summed E-state index contributed by atoms with van der Waals surface area (Å²) in [4.78, 5) is 4.69. The number of nitrogens with zero attached hydrogens (tertiary/aromatic N) is 1. The Morgan fingerprint density at radius 3 is 2.48 bits per heavy atom. The lowest BCUT2D eigenvalue weighted by molar-refractivity contribution is 0.120. The van der Waals surface area contributed by atoms with Gasteiger partial charge in [-0.3, -0.25) is 4.99 Å². The summed E-state index contributed by atoms with van der Waals surface area (Å²) in [6, 6.07) is 6.45. The van der Waals surface area contributed by atoms with E-state index in [1.165, 1.54) is 5.56 Å². The van der Waals surface area contributed by atoms with Crippen molar-refractivity contribution in [2.24, 2.45) is 4.99 Å². The zero-order valence-electron chi connectivity index (χ0n) is 16.7. The summed E-state index contributed by atoms with van der Waals surface area (Å²) in [6.07, 6.45) is 5.52. The molecule has 0 unspecified atom stereocenters. The van der Waals surface area contributed by atoms with E-state index in [2.05, 4.69) is 23.6 Å². The van der Waals surface area contributed by atoms with Crippen LogP contribution in [0.3, 0.4) is 0 Å². The number of benzene rings is 1. The van der Waals surface area contributed by atoms with Crippen molar-refractivity contribution in [2.45, 2.75) is 57.6 Å². The van der Waals surface area contributed by atoms with Crippen LogP contribution in [0.2, 0.25) is 0 Å². The minimum Gasteiger partial charge on any atom is -0.493 e. The van der Waals surface area contributed by atoms with Crippen molar-refractivity contribution < 1.29 is 14.6 Å². The minimum absolute atomic E-state index is 0. The van der Waals surface area contributed by atoms with Gasteiger partial charge in [-0.05, 0) is 63.1 Å². The number of nitrogens with one attached hydrogen (secondary N) is 2. The highest BCUT2D eigenvalue weighted by molar-refractivity contribution is 14.0. The van der Waals surface area contributed by atoms with Crippen LogP contribution < -0.4 is 20.1 Å². The third kappa shape index (κ3) is 8.13. The molecule has 0 bridgehead atoms. The summed E-state index contributed by atoms with van der Waals surface area (Å²) in [5.74, 6) is 2.40. The molecule has 0 spiro atoms. The Hall–Kier alpha value is -1.22. The van der Waals surface area contributed by atoms with Crippen LogP contribution in [0.15, 0.2) is 23.2 Å². The van der Waals surface area contributed by atoms with E-state index in [4.69, 9.17) is 14.5 Å². The number of halogens is 1. The van der Waals surface area contributed by atoms with Crippen molar-refractivity contribution in [1.82, 2.24) is 10.6 Å². The van der Waals surface area contributed by atoms with E-state index in [-0.39, 0.29) is 30.1 Å². The number of aryl methyl sites for hydroxylation is 1. The van der Waals surface area contributed by atoms with E-state index >= 15 is 0 Å². The summed E-state index contributed by atoms with van der Waals surface area (Å²) in [7, 11) is 3.30. The Morgan fingerprint density at radius 1 is 1.15 bits per heavy atom. The molecular formula is C20H34IN3O3. The number of hydrogen-bond donors (Lipinski definition) is 3. The Balaban J connectivity index is 0.00000364. The first-order chi connectivity index (χ1) is 12.7. The molecule has 1 aliphatic rings. The Kier molecular flexibility index (Phi) is 11.5. The summed E-state index contributed by atoms with van der Waals surface area (Å²) in [5, 5.41) is 16.4. The molecule has 154 valence electrons. The number of aliphatic hydroxyl groups excluding tert-OH is 1. The van der Waals surface area contributed by atoms with E-state index < -0.39 is 0 Å². The van der Waals surface area contributed by atoms with Crippen LogP contribution in [-0.2, 0) is 6.42 Å². The molecule has 1 saturated carbocycles. The van der Waals surface area contributed by atoms with Gasteiger partial charge in [0.1, 0.15) is 0 Å². The molecular weight excluding hydrogens is 457 g/mol. The Morgan fingerprint density at radius 2 is 1.85 bits per heavy atom. The third-order valence-corrected chi connectivity index (χ3v) is 4.72. The van der Waals surface area contributed by atoms with Crippen LogP contribution in [0, 0.1) is 0 Å². The van der Waals surface area contributed by atoms with Crippen molar-refractivity contribution >= 4 is 29.9 Å². The maximum absolute atomic E-state index is 9.63. The van der Waals surface area contributed by atoms with Gasteiger partial charge in [0, 0.05) is 19.1 Å². The van der Waals surface area contributed by atoms with E-state index in [1.54, 1.807) is 14.2 Å². The highest BCUT2D eigenvalue weighted by atomic mass is 127. The van der Waals surface area contributed by atoms with Crippen molar-refractivity contribution in [3.05, 3.63) is 23.8 Å². The van der Waals surface area contributed by atoms with Gasteiger partial charge >= 0.3 is 0 Å². The van der Waals surface area contributed by atoms with Gasteiger partial charge in [-0.2, -0.15) is 0 Å². The first kappa shape index (κ1) is 23.8. The first-order valence-electron chi connectivity index (χ1n) is 9.60. The standard InChI is InChI=1S/C20H33N3O3.HI/c1-4-21-20(23-16-8-10-17(24)11-9-16)22-13-5-6-15-7-12-18(25-2)19(14-15)26-3;/h7,12,14,16-17,24H,4-6,8-11,13H2,1-3H3,(H2,21,22,23);1H. The number of aliphatic imine (C=N–C) groups is 1. The topological polar surface area (TPSA) is 75.1 Å². The molecule has 0 radical (unpaired) electrons. The molecule has 1 fully saturated rings. The van der Waals surface area contributed by atoms with Gasteiger partial charge in [0.2, 0.25) is 0 Å². The molecule has 0 saturated heterocycles. The van der Waals surface area contributed by atoms with Crippen molar-refractivity contribution in [2.75, 3.05) is 27.3 Å². The molecule has 1 aromatic carbocycles. The molecule has 1 aromatic rings. The van der Waals surface area contributed by atoms with Gasteiger partial charge in [-0.25, -0.2) is 0 Å². The third-order valence-electron chi connectivity index (χ3n) is 4.72. The molecule has 7 heteroatoms. The predicted molar refractivity (Wildman–Crippen MR) is 121 cm³/mol. The molecule has 1 aliphatic carbocycles. The van der Waals surface area contributed by atoms with Crippen molar-refractivity contribution in [1.29, 1.82) is 0 Å². The molecule has 0 heterocycles. The van der Waals surface area contributed by atoms with Crippen molar-refractivity contribution in [3.63, 3.8) is 0 Å². The van der Waals surface area contributed by atoms with Gasteiger partial charge in [-0.1, -0.05) is 6.07 Å². The summed E-state index contributed by atoms with van der Waals surface area (Å²) in [5.41, 5.74) is 1.22. The summed E-state index contributed by atoms with van der Waals surface area (Å²) < 4.78 is 10.6. The lowest BCUT2D eigenvalue weighted by Gasteiger charge is -2.27. The van der Waals surface area contributed by atoms with Gasteiger partial charge in [0.05, 0.1) is 20.3 Å². The maximum Gasteiger partial charge on any atom is 0.191 e. The zero-order valence-corrected chi connectivity index (χ0v) is 19.0. The average molecular weight is 491 g/mol. The molecule has 0 aliphatic heterocycles. The number of methoxy groups -OCH3 is 2. The number of rotatable bonds is 8.